The van der Waals surface area contributed by atoms with Crippen molar-refractivity contribution in [2.24, 2.45) is 0 Å². The van der Waals surface area contributed by atoms with Gasteiger partial charge in [0, 0.05) is 6.42 Å². The Morgan fingerprint density at radius 3 is 2.52 bits per heavy atom. The minimum atomic E-state index is -1.30. The number of aromatic hydroxyl groups is 1. The highest BCUT2D eigenvalue weighted by molar-refractivity contribution is 5.87. The van der Waals surface area contributed by atoms with Crippen LogP contribution in [0.3, 0.4) is 0 Å². The summed E-state index contributed by atoms with van der Waals surface area (Å²) in [5.74, 6) is -0.436. The van der Waals surface area contributed by atoms with E-state index in [0.717, 1.165) is 11.1 Å². The first-order valence-electron chi connectivity index (χ1n) is 9.71. The van der Waals surface area contributed by atoms with Crippen LogP contribution in [0.2, 0.25) is 0 Å². The molecule has 0 fully saturated rings. The number of phenols is 1. The van der Waals surface area contributed by atoms with Gasteiger partial charge >= 0.3 is 12.1 Å². The summed E-state index contributed by atoms with van der Waals surface area (Å²) in [4.78, 5) is 25.6. The van der Waals surface area contributed by atoms with Crippen molar-refractivity contribution in [1.82, 2.24) is 5.32 Å². The molecule has 0 radical (unpaired) electrons. The second kappa shape index (κ2) is 8.15. The second-order valence-corrected chi connectivity index (χ2v) is 8.36. The van der Waals surface area contributed by atoms with Crippen LogP contribution < -0.4 is 5.32 Å². The first-order chi connectivity index (χ1) is 13.7. The van der Waals surface area contributed by atoms with E-state index in [4.69, 9.17) is 9.47 Å². The molecule has 1 aliphatic rings. The number of carbonyl (C=O) groups excluding carboxylic acids is 2. The van der Waals surface area contributed by atoms with Crippen LogP contribution in [0.1, 0.15) is 43.9 Å². The van der Waals surface area contributed by atoms with Crippen LogP contribution >= 0.6 is 0 Å². The smallest absolute Gasteiger partial charge is 0.408 e. The Hall–Kier alpha value is -3.02. The van der Waals surface area contributed by atoms with Crippen molar-refractivity contribution in [3.05, 3.63) is 65.2 Å². The van der Waals surface area contributed by atoms with Crippen LogP contribution in [-0.4, -0.2) is 28.3 Å². The molecule has 1 amide bonds. The molecule has 0 aliphatic heterocycles. The van der Waals surface area contributed by atoms with Gasteiger partial charge in [-0.2, -0.15) is 0 Å². The van der Waals surface area contributed by atoms with Crippen molar-refractivity contribution in [1.29, 1.82) is 0 Å². The van der Waals surface area contributed by atoms with Crippen LogP contribution in [0.5, 0.6) is 5.75 Å². The number of nitrogens with one attached hydrogen (secondary N) is 1. The fraction of sp³-hybridized carbons (Fsp3) is 0.391. The predicted molar refractivity (Wildman–Crippen MR) is 108 cm³/mol. The summed E-state index contributed by atoms with van der Waals surface area (Å²) in [6.45, 7) is 5.38. The second-order valence-electron chi connectivity index (χ2n) is 8.36. The van der Waals surface area contributed by atoms with Crippen LogP contribution in [-0.2, 0) is 33.7 Å². The molecule has 0 spiro atoms. The van der Waals surface area contributed by atoms with E-state index in [2.05, 4.69) is 5.32 Å². The van der Waals surface area contributed by atoms with E-state index in [1.54, 1.807) is 32.9 Å². The largest absolute Gasteiger partial charge is 0.508 e. The number of fused-ring (bicyclic) bond motifs is 1. The summed E-state index contributed by atoms with van der Waals surface area (Å²) in [5.41, 5.74) is 0.456. The minimum Gasteiger partial charge on any atom is -0.508 e. The lowest BCUT2D eigenvalue weighted by Crippen LogP contribution is -2.59. The van der Waals surface area contributed by atoms with E-state index < -0.39 is 23.2 Å². The van der Waals surface area contributed by atoms with Gasteiger partial charge in [-0.15, -0.1) is 0 Å². The van der Waals surface area contributed by atoms with E-state index in [9.17, 15) is 14.7 Å². The number of hydrogen-bond acceptors (Lipinski definition) is 5. The summed E-state index contributed by atoms with van der Waals surface area (Å²) in [7, 11) is 0. The van der Waals surface area contributed by atoms with Crippen molar-refractivity contribution >= 4 is 12.1 Å². The molecule has 0 heterocycles. The monoisotopic (exact) mass is 397 g/mol. The Morgan fingerprint density at radius 1 is 1.10 bits per heavy atom. The molecule has 2 aromatic carbocycles. The highest BCUT2D eigenvalue weighted by Gasteiger charge is 2.45. The van der Waals surface area contributed by atoms with Gasteiger partial charge in [0.1, 0.15) is 23.5 Å². The average molecular weight is 397 g/mol. The minimum absolute atomic E-state index is 0.102. The zero-order valence-electron chi connectivity index (χ0n) is 17.0. The fourth-order valence-corrected chi connectivity index (χ4v) is 3.49. The van der Waals surface area contributed by atoms with Crippen LogP contribution in [0, 0.1) is 0 Å². The van der Waals surface area contributed by atoms with E-state index in [-0.39, 0.29) is 18.8 Å². The Balaban J connectivity index is 1.84. The van der Waals surface area contributed by atoms with E-state index >= 15 is 0 Å². The fourth-order valence-electron chi connectivity index (χ4n) is 3.49. The lowest BCUT2D eigenvalue weighted by molar-refractivity contribution is -0.153. The molecule has 1 atom stereocenters. The number of benzene rings is 2. The highest BCUT2D eigenvalue weighted by atomic mass is 16.6. The predicted octanol–water partition coefficient (Wildman–Crippen LogP) is 3.89. The van der Waals surface area contributed by atoms with E-state index in [1.807, 2.05) is 36.4 Å². The molecule has 1 aliphatic carbocycles. The highest BCUT2D eigenvalue weighted by Crippen LogP contribution is 2.35. The molecule has 0 saturated heterocycles. The zero-order chi connectivity index (χ0) is 21.1. The number of esters is 1. The first kappa shape index (κ1) is 20.7. The molecule has 0 aromatic heterocycles. The number of rotatable bonds is 4. The number of hydrogen-bond donors (Lipinski definition) is 2. The van der Waals surface area contributed by atoms with Crippen molar-refractivity contribution in [3.63, 3.8) is 0 Å². The maximum Gasteiger partial charge on any atom is 0.408 e. The summed E-state index contributed by atoms with van der Waals surface area (Å²) in [5, 5.41) is 13.0. The standard InChI is InChI=1S/C23H27NO5/c1-22(2,3)29-21(27)24-23(20(26)28-15-16-8-5-4-6-9-16)13-12-17-10-7-11-19(25)18(17)14-23/h4-11,25H,12-15H2,1-3H3,(H,24,27)/t23-/m1/s1. The van der Waals surface area contributed by atoms with Gasteiger partial charge in [0.05, 0.1) is 0 Å². The Morgan fingerprint density at radius 2 is 1.83 bits per heavy atom. The van der Waals surface area contributed by atoms with Gasteiger partial charge in [0.15, 0.2) is 0 Å². The first-order valence-corrected chi connectivity index (χ1v) is 9.71. The molecular weight excluding hydrogens is 370 g/mol. The molecule has 29 heavy (non-hydrogen) atoms. The average Bonchev–Trinajstić information content (AvgIpc) is 2.66. The van der Waals surface area contributed by atoms with Crippen molar-refractivity contribution in [2.75, 3.05) is 0 Å². The molecule has 2 N–H and O–H groups in total. The van der Waals surface area contributed by atoms with Gasteiger partial charge in [-0.3, -0.25) is 0 Å². The number of carbonyl (C=O) groups is 2. The quantitative estimate of drug-likeness (QED) is 0.765. The molecule has 6 heteroatoms. The molecule has 0 saturated carbocycles. The Labute approximate surface area is 170 Å². The number of aryl methyl sites for hydroxylation is 1. The van der Waals surface area contributed by atoms with Crippen molar-refractivity contribution in [3.8, 4) is 5.75 Å². The number of amides is 1. The lowest BCUT2D eigenvalue weighted by atomic mass is 9.77. The molecule has 0 unspecified atom stereocenters. The van der Waals surface area contributed by atoms with Crippen molar-refractivity contribution in [2.45, 2.75) is 57.8 Å². The molecule has 6 nitrogen and oxygen atoms in total. The normalized spacial score (nSPS) is 18.4. The van der Waals surface area contributed by atoms with Gasteiger partial charge in [0.2, 0.25) is 0 Å². The number of ether oxygens (including phenoxy) is 2. The molecule has 3 rings (SSSR count). The summed E-state index contributed by atoms with van der Waals surface area (Å²) < 4.78 is 10.9. The molecule has 2 aromatic rings. The topological polar surface area (TPSA) is 84.9 Å². The van der Waals surface area contributed by atoms with Gasteiger partial charge < -0.3 is 19.9 Å². The Kier molecular flexibility index (Phi) is 5.82. The third kappa shape index (κ3) is 5.08. The maximum absolute atomic E-state index is 13.1. The zero-order valence-corrected chi connectivity index (χ0v) is 17.0. The summed E-state index contributed by atoms with van der Waals surface area (Å²) in [6, 6.07) is 14.6. The van der Waals surface area contributed by atoms with Crippen LogP contribution in [0.4, 0.5) is 4.79 Å². The third-order valence-electron chi connectivity index (χ3n) is 4.89. The summed E-state index contributed by atoms with van der Waals surface area (Å²) >= 11 is 0. The van der Waals surface area contributed by atoms with Gasteiger partial charge in [-0.1, -0.05) is 42.5 Å². The third-order valence-corrected chi connectivity index (χ3v) is 4.89. The number of alkyl carbamates (subject to hydrolysis) is 1. The van der Waals surface area contributed by atoms with E-state index in [1.165, 1.54) is 0 Å². The van der Waals surface area contributed by atoms with Gasteiger partial charge in [-0.25, -0.2) is 9.59 Å². The van der Waals surface area contributed by atoms with Gasteiger partial charge in [0.25, 0.3) is 0 Å². The van der Waals surface area contributed by atoms with Crippen LogP contribution in [0.25, 0.3) is 0 Å². The molecule has 154 valence electrons. The molecular formula is C23H27NO5. The SMILES string of the molecule is CC(C)(C)OC(=O)N[C@]1(C(=O)OCc2ccccc2)CCc2cccc(O)c2C1. The van der Waals surface area contributed by atoms with Crippen LogP contribution in [0.15, 0.2) is 48.5 Å². The summed E-state index contributed by atoms with van der Waals surface area (Å²) in [6.07, 6.45) is 0.339. The lowest BCUT2D eigenvalue weighted by Gasteiger charge is -2.37. The van der Waals surface area contributed by atoms with E-state index in [0.29, 0.717) is 18.4 Å². The maximum atomic E-state index is 13.1. The Bertz CT molecular complexity index is 888. The molecule has 0 bridgehead atoms. The van der Waals surface area contributed by atoms with Gasteiger partial charge in [-0.05, 0) is 56.4 Å². The van der Waals surface area contributed by atoms with Crippen molar-refractivity contribution < 1.29 is 24.2 Å². The number of phenolic OH excluding ortho intramolecular Hbond substituents is 1.